The van der Waals surface area contributed by atoms with Crippen LogP contribution in [0.15, 0.2) is 11.4 Å². The fourth-order valence-electron chi connectivity index (χ4n) is 4.47. The highest BCUT2D eigenvalue weighted by molar-refractivity contribution is 7.98. The molecule has 232 valence electrons. The number of carbonyl (C=O) groups excluding carboxylic acids is 2. The highest BCUT2D eigenvalue weighted by atomic mass is 32.2. The van der Waals surface area contributed by atoms with Gasteiger partial charge in [-0.25, -0.2) is 9.97 Å². The summed E-state index contributed by atoms with van der Waals surface area (Å²) < 4.78 is 18.8. The van der Waals surface area contributed by atoms with E-state index in [9.17, 15) is 9.59 Å². The third-order valence-electron chi connectivity index (χ3n) is 6.92. The first-order chi connectivity index (χ1) is 20.0. The quantitative estimate of drug-likeness (QED) is 0.0597. The number of esters is 2. The van der Waals surface area contributed by atoms with E-state index in [2.05, 4.69) is 28.8 Å². The maximum Gasteiger partial charge on any atom is 0.305 e. The molecule has 0 amide bonds. The van der Waals surface area contributed by atoms with E-state index in [-0.39, 0.29) is 37.8 Å². The standard InChI is InChI=1S/C30H51N5O5S/c1-4-6-8-10-12-14-16-18-25(36)38-20-24(21-39-26(37)19-17-15-13-11-9-7-5-2)40-23-35-22-32-27-28(35)33-30(31)34-29(27)41-3/h22,24H,4-21,23H2,1-3H3,(H2,31,33,34). The van der Waals surface area contributed by atoms with Gasteiger partial charge < -0.3 is 19.9 Å². The van der Waals surface area contributed by atoms with Crippen LogP contribution in [0.5, 0.6) is 0 Å². The van der Waals surface area contributed by atoms with Crippen LogP contribution in [-0.2, 0) is 30.5 Å². The van der Waals surface area contributed by atoms with E-state index in [0.29, 0.717) is 29.0 Å². The predicted octanol–water partition coefficient (Wildman–Crippen LogP) is 6.84. The van der Waals surface area contributed by atoms with Crippen LogP contribution in [0.3, 0.4) is 0 Å². The van der Waals surface area contributed by atoms with Crippen LogP contribution in [0.2, 0.25) is 0 Å². The van der Waals surface area contributed by atoms with Crippen molar-refractivity contribution < 1.29 is 23.8 Å². The smallest absolute Gasteiger partial charge is 0.305 e. The molecule has 0 spiro atoms. The number of carbonyl (C=O) groups is 2. The Labute approximate surface area is 249 Å². The van der Waals surface area contributed by atoms with Crippen LogP contribution in [0.25, 0.3) is 11.2 Å². The number of fused-ring (bicyclic) bond motifs is 1. The maximum absolute atomic E-state index is 12.4. The van der Waals surface area contributed by atoms with E-state index < -0.39 is 6.10 Å². The monoisotopic (exact) mass is 593 g/mol. The van der Waals surface area contributed by atoms with Crippen LogP contribution < -0.4 is 5.73 Å². The van der Waals surface area contributed by atoms with Crippen molar-refractivity contribution in [3.8, 4) is 0 Å². The van der Waals surface area contributed by atoms with E-state index in [0.717, 1.165) is 38.5 Å². The van der Waals surface area contributed by atoms with Crippen molar-refractivity contribution >= 4 is 40.8 Å². The molecule has 2 aromatic rings. The zero-order valence-corrected chi connectivity index (χ0v) is 26.2. The van der Waals surface area contributed by atoms with Crippen LogP contribution >= 0.6 is 11.8 Å². The number of thioether (sulfide) groups is 1. The van der Waals surface area contributed by atoms with Gasteiger partial charge in [0.05, 0.1) is 6.33 Å². The van der Waals surface area contributed by atoms with Gasteiger partial charge in [0.15, 0.2) is 5.65 Å². The Bertz CT molecular complexity index is 985. The fraction of sp³-hybridized carbons (Fsp3) is 0.767. The largest absolute Gasteiger partial charge is 0.463 e. The lowest BCUT2D eigenvalue weighted by Crippen LogP contribution is -2.29. The molecule has 2 N–H and O–H groups in total. The van der Waals surface area contributed by atoms with E-state index in [1.807, 2.05) is 6.26 Å². The molecule has 0 radical (unpaired) electrons. The normalized spacial score (nSPS) is 11.4. The number of imidazole rings is 1. The number of nitrogens with two attached hydrogens (primary N) is 1. The number of ether oxygens (including phenoxy) is 3. The van der Waals surface area contributed by atoms with Crippen molar-refractivity contribution in [3.05, 3.63) is 6.33 Å². The second-order valence-corrected chi connectivity index (χ2v) is 11.3. The van der Waals surface area contributed by atoms with Crippen molar-refractivity contribution in [2.75, 3.05) is 25.2 Å². The highest BCUT2D eigenvalue weighted by Gasteiger charge is 2.18. The van der Waals surface area contributed by atoms with Gasteiger partial charge in [0, 0.05) is 12.8 Å². The van der Waals surface area contributed by atoms with E-state index in [4.69, 9.17) is 19.9 Å². The molecule has 0 unspecified atom stereocenters. The zero-order chi connectivity index (χ0) is 29.7. The summed E-state index contributed by atoms with van der Waals surface area (Å²) in [6.07, 6.45) is 19.5. The third-order valence-corrected chi connectivity index (χ3v) is 7.59. The van der Waals surface area contributed by atoms with Crippen LogP contribution in [-0.4, -0.2) is 57.0 Å². The van der Waals surface area contributed by atoms with Gasteiger partial charge in [-0.1, -0.05) is 90.9 Å². The molecule has 2 aromatic heterocycles. The number of hydrogen-bond acceptors (Lipinski definition) is 10. The van der Waals surface area contributed by atoms with Crippen molar-refractivity contribution in [3.63, 3.8) is 0 Å². The summed E-state index contributed by atoms with van der Waals surface area (Å²) in [4.78, 5) is 37.7. The number of unbranched alkanes of at least 4 members (excludes halogenated alkanes) is 12. The third kappa shape index (κ3) is 14.4. The molecule has 0 bridgehead atoms. The molecule has 0 aliphatic heterocycles. The molecule has 0 aliphatic rings. The van der Waals surface area contributed by atoms with Gasteiger partial charge in [-0.3, -0.25) is 14.2 Å². The molecule has 0 atom stereocenters. The minimum Gasteiger partial charge on any atom is -0.463 e. The molecule has 41 heavy (non-hydrogen) atoms. The number of hydrogen-bond donors (Lipinski definition) is 1. The Balaban J connectivity index is 1.85. The molecule has 0 saturated heterocycles. The molecule has 0 aromatic carbocycles. The summed E-state index contributed by atoms with van der Waals surface area (Å²) in [7, 11) is 0. The Morgan fingerprint density at radius 2 is 1.34 bits per heavy atom. The Morgan fingerprint density at radius 1 is 0.829 bits per heavy atom. The average Bonchev–Trinajstić information content (AvgIpc) is 3.37. The highest BCUT2D eigenvalue weighted by Crippen LogP contribution is 2.23. The summed E-state index contributed by atoms with van der Waals surface area (Å²) in [5, 5.41) is 0.682. The van der Waals surface area contributed by atoms with Crippen molar-refractivity contribution in [2.45, 2.75) is 134 Å². The molecule has 2 heterocycles. The summed E-state index contributed by atoms with van der Waals surface area (Å²) in [5.41, 5.74) is 7.06. The van der Waals surface area contributed by atoms with Gasteiger partial charge >= 0.3 is 11.9 Å². The Morgan fingerprint density at radius 3 is 1.85 bits per heavy atom. The van der Waals surface area contributed by atoms with Crippen LogP contribution in [0, 0.1) is 0 Å². The number of anilines is 1. The second-order valence-electron chi connectivity index (χ2n) is 10.5. The minimum absolute atomic E-state index is 0.000142. The molecule has 0 aliphatic carbocycles. The Kier molecular flexibility index (Phi) is 18.1. The molecular weight excluding hydrogens is 542 g/mol. The number of rotatable bonds is 24. The van der Waals surface area contributed by atoms with Crippen LogP contribution in [0.4, 0.5) is 5.95 Å². The van der Waals surface area contributed by atoms with Gasteiger partial charge in [0.2, 0.25) is 5.95 Å². The summed E-state index contributed by atoms with van der Waals surface area (Å²) >= 11 is 1.44. The maximum atomic E-state index is 12.4. The first kappa shape index (κ1) is 34.8. The lowest BCUT2D eigenvalue weighted by atomic mass is 10.1. The zero-order valence-electron chi connectivity index (χ0n) is 25.4. The molecule has 10 nitrogen and oxygen atoms in total. The number of aromatic nitrogens is 4. The molecular formula is C30H51N5O5S. The lowest BCUT2D eigenvalue weighted by Gasteiger charge is -2.18. The minimum atomic E-state index is -0.623. The summed E-state index contributed by atoms with van der Waals surface area (Å²) in [6.45, 7) is 4.48. The van der Waals surface area contributed by atoms with E-state index >= 15 is 0 Å². The summed E-state index contributed by atoms with van der Waals surface area (Å²) in [6, 6.07) is 0. The predicted molar refractivity (Wildman–Crippen MR) is 164 cm³/mol. The van der Waals surface area contributed by atoms with Gasteiger partial charge in [-0.15, -0.1) is 11.8 Å². The number of nitrogen functional groups attached to an aromatic ring is 1. The summed E-state index contributed by atoms with van der Waals surface area (Å²) in [5.74, 6) is -0.377. The van der Waals surface area contributed by atoms with Gasteiger partial charge in [-0.2, -0.15) is 4.98 Å². The van der Waals surface area contributed by atoms with E-state index in [1.54, 1.807) is 10.9 Å². The van der Waals surface area contributed by atoms with Gasteiger partial charge in [0.1, 0.15) is 36.6 Å². The molecule has 2 rings (SSSR count). The van der Waals surface area contributed by atoms with Crippen molar-refractivity contribution in [2.24, 2.45) is 0 Å². The van der Waals surface area contributed by atoms with E-state index in [1.165, 1.54) is 63.1 Å². The lowest BCUT2D eigenvalue weighted by molar-refractivity contribution is -0.157. The SMILES string of the molecule is CCCCCCCCCC(=O)OCC(COC(=O)CCCCCCCCC)OCn1cnc2c(SC)nc(N)nc21. The second kappa shape index (κ2) is 21.3. The first-order valence-electron chi connectivity index (χ1n) is 15.4. The topological polar surface area (TPSA) is 131 Å². The average molecular weight is 594 g/mol. The van der Waals surface area contributed by atoms with Gasteiger partial charge in [0.25, 0.3) is 0 Å². The van der Waals surface area contributed by atoms with Gasteiger partial charge in [-0.05, 0) is 19.1 Å². The Hall–Kier alpha value is -2.40. The first-order valence-corrected chi connectivity index (χ1v) is 16.7. The van der Waals surface area contributed by atoms with Crippen molar-refractivity contribution in [1.82, 2.24) is 19.5 Å². The van der Waals surface area contributed by atoms with Crippen LogP contribution in [0.1, 0.15) is 117 Å². The number of nitrogens with zero attached hydrogens (tertiary/aromatic N) is 4. The molecule has 11 heteroatoms. The van der Waals surface area contributed by atoms with Crippen molar-refractivity contribution in [1.29, 1.82) is 0 Å². The fourth-order valence-corrected chi connectivity index (χ4v) is 4.99. The molecule has 0 saturated carbocycles. The molecule has 0 fully saturated rings.